The molecule has 0 aliphatic heterocycles. The number of carbonyl (C=O) groups excluding carboxylic acids is 1. The molecule has 0 bridgehead atoms. The molecule has 0 radical (unpaired) electrons. The van der Waals surface area contributed by atoms with Gasteiger partial charge in [0.1, 0.15) is 6.54 Å². The molecule has 0 fully saturated rings. The first-order valence-electron chi connectivity index (χ1n) is 11.7. The fourth-order valence-electron chi connectivity index (χ4n) is 3.33. The Morgan fingerprint density at radius 3 is 1.81 bits per heavy atom. The first-order chi connectivity index (χ1) is 15.1. The zero-order valence-corrected chi connectivity index (χ0v) is 20.5. The van der Waals surface area contributed by atoms with Crippen molar-refractivity contribution in [2.45, 2.75) is 70.3 Å². The first-order valence-corrected chi connectivity index (χ1v) is 11.7. The summed E-state index contributed by atoms with van der Waals surface area (Å²) >= 11 is 0. The number of likely N-dealkylation sites (N-methyl/N-ethyl adjacent to an activating group) is 1. The van der Waals surface area contributed by atoms with E-state index in [-0.39, 0.29) is 11.0 Å². The van der Waals surface area contributed by atoms with Crippen molar-refractivity contribution in [2.24, 2.45) is 0 Å². The van der Waals surface area contributed by atoms with Crippen LogP contribution in [0.1, 0.15) is 64.7 Å². The van der Waals surface area contributed by atoms with Gasteiger partial charge in [-0.25, -0.2) is 0 Å². The van der Waals surface area contributed by atoms with Crippen LogP contribution in [-0.4, -0.2) is 59.7 Å². The van der Waals surface area contributed by atoms with Crippen molar-refractivity contribution in [1.29, 1.82) is 0 Å². The molecule has 5 nitrogen and oxygen atoms in total. The van der Waals surface area contributed by atoms with Gasteiger partial charge in [-0.3, -0.25) is 9.59 Å². The maximum absolute atomic E-state index is 12.4. The van der Waals surface area contributed by atoms with E-state index >= 15 is 0 Å². The van der Waals surface area contributed by atoms with Crippen molar-refractivity contribution in [3.63, 3.8) is 0 Å². The monoisotopic (exact) mass is 446 g/mol. The normalized spacial score (nSPS) is 15.0. The van der Waals surface area contributed by atoms with Crippen molar-refractivity contribution in [3.8, 4) is 0 Å². The number of aliphatic hydroxyl groups is 1. The zero-order chi connectivity index (χ0) is 24.3. The third-order valence-electron chi connectivity index (χ3n) is 4.77. The second-order valence-corrected chi connectivity index (χ2v) is 9.27. The number of quaternary nitrogens is 1. The van der Waals surface area contributed by atoms with Crippen LogP contribution >= 0.6 is 0 Å². The minimum Gasteiger partial charge on any atom is -0.481 e. The van der Waals surface area contributed by atoms with E-state index in [2.05, 4.69) is 19.1 Å². The average Bonchev–Trinajstić information content (AvgIpc) is 2.68. The highest BCUT2D eigenvalue weighted by atomic mass is 16.4. The smallest absolute Gasteiger partial charge is 0.307 e. The molecule has 0 amide bonds. The lowest BCUT2D eigenvalue weighted by Crippen LogP contribution is -2.54. The van der Waals surface area contributed by atoms with Gasteiger partial charge in [0, 0.05) is 0 Å². The largest absolute Gasteiger partial charge is 0.481 e. The summed E-state index contributed by atoms with van der Waals surface area (Å²) in [5.74, 6) is -1.81. The van der Waals surface area contributed by atoms with E-state index in [4.69, 9.17) is 5.11 Å². The summed E-state index contributed by atoms with van der Waals surface area (Å²) in [4.78, 5) is 23.4. The lowest BCUT2D eigenvalue weighted by Gasteiger charge is -2.33. The molecule has 0 rings (SSSR count). The topological polar surface area (TPSA) is 74.6 Å². The number of rotatable bonds is 18. The summed E-state index contributed by atoms with van der Waals surface area (Å²) in [5, 5.41) is 19.6. The summed E-state index contributed by atoms with van der Waals surface area (Å²) in [6, 6.07) is 0. The summed E-state index contributed by atoms with van der Waals surface area (Å²) in [6.45, 7) is 2.26. The Kier molecular flexibility index (Phi) is 16.1. The summed E-state index contributed by atoms with van der Waals surface area (Å²) in [6.07, 6.45) is 27.9. The number of carbonyl (C=O) groups is 2. The van der Waals surface area contributed by atoms with Gasteiger partial charge >= 0.3 is 5.97 Å². The Morgan fingerprint density at radius 1 is 0.781 bits per heavy atom. The van der Waals surface area contributed by atoms with Crippen molar-refractivity contribution in [3.05, 3.63) is 60.8 Å². The summed E-state index contributed by atoms with van der Waals surface area (Å²) in [7, 11) is 5.40. The van der Waals surface area contributed by atoms with Gasteiger partial charge in [-0.15, -0.1) is 0 Å². The van der Waals surface area contributed by atoms with Gasteiger partial charge in [-0.1, -0.05) is 100 Å². The van der Waals surface area contributed by atoms with Gasteiger partial charge in [0.15, 0.2) is 11.4 Å². The van der Waals surface area contributed by atoms with Crippen molar-refractivity contribution in [1.82, 2.24) is 0 Å². The average molecular weight is 447 g/mol. The fourth-order valence-corrected chi connectivity index (χ4v) is 3.33. The van der Waals surface area contributed by atoms with Gasteiger partial charge in [0.05, 0.1) is 27.6 Å². The van der Waals surface area contributed by atoms with Gasteiger partial charge in [0.2, 0.25) is 0 Å². The number of allylic oxidation sites excluding steroid dienone is 9. The molecule has 0 spiro atoms. The molecule has 0 aliphatic rings. The number of aliphatic carboxylic acids is 1. The second kappa shape index (κ2) is 17.3. The Balaban J connectivity index is 4.28. The Bertz CT molecular complexity index is 680. The van der Waals surface area contributed by atoms with Crippen LogP contribution in [0.4, 0.5) is 0 Å². The lowest BCUT2D eigenvalue weighted by atomic mass is 9.92. The molecule has 2 N–H and O–H groups in total. The lowest BCUT2D eigenvalue weighted by molar-refractivity contribution is -0.875. The predicted molar refractivity (Wildman–Crippen MR) is 133 cm³/mol. The standard InChI is InChI=1S/C27H43NO4/c1-5-6-7-8-9-10-11-12-13-14-15-16-17-18-19-20-21-22-25(29)27(32,23-26(30)31)24-28(2,3)4/h13-22,32H,5-12,23-24H2,1-4H3/p+1. The minimum atomic E-state index is -1.92. The first kappa shape index (κ1) is 29.8. The molecule has 0 aromatic heterocycles. The minimum absolute atomic E-state index is 0.0172. The van der Waals surface area contributed by atoms with Crippen LogP contribution in [0, 0.1) is 0 Å². The number of hydrogen-bond donors (Lipinski definition) is 2. The van der Waals surface area contributed by atoms with Gasteiger partial charge < -0.3 is 14.7 Å². The Labute approximate surface area is 195 Å². The summed E-state index contributed by atoms with van der Waals surface area (Å²) < 4.78 is 0.280. The van der Waals surface area contributed by atoms with Crippen LogP contribution in [0.25, 0.3) is 0 Å². The van der Waals surface area contributed by atoms with Gasteiger partial charge in [-0.2, -0.15) is 0 Å². The highest BCUT2D eigenvalue weighted by Gasteiger charge is 2.41. The molecule has 180 valence electrons. The molecule has 1 atom stereocenters. The van der Waals surface area contributed by atoms with Crippen LogP contribution < -0.4 is 0 Å². The van der Waals surface area contributed by atoms with Crippen LogP contribution in [-0.2, 0) is 9.59 Å². The van der Waals surface area contributed by atoms with E-state index in [0.717, 1.165) is 6.42 Å². The molecular formula is C27H44NO4+. The number of ketones is 1. The molecule has 0 aliphatic carbocycles. The van der Waals surface area contributed by atoms with Crippen molar-refractivity contribution >= 4 is 11.8 Å². The SMILES string of the molecule is CCCCCCCCCC=CC=CC=CC=CC=CC(=O)C(O)(CC(=O)O)C[N+](C)(C)C. The highest BCUT2D eigenvalue weighted by Crippen LogP contribution is 2.17. The van der Waals surface area contributed by atoms with E-state index in [1.165, 1.54) is 57.1 Å². The maximum atomic E-state index is 12.4. The molecule has 0 saturated carbocycles. The molecular weight excluding hydrogens is 402 g/mol. The predicted octanol–water partition coefficient (Wildman–Crippen LogP) is 5.39. The van der Waals surface area contributed by atoms with E-state index in [0.29, 0.717) is 0 Å². The fraction of sp³-hybridized carbons (Fsp3) is 0.556. The van der Waals surface area contributed by atoms with Crippen LogP contribution in [0.15, 0.2) is 60.8 Å². The molecule has 32 heavy (non-hydrogen) atoms. The molecule has 0 heterocycles. The maximum Gasteiger partial charge on any atom is 0.307 e. The number of carboxylic acid groups (broad SMARTS) is 1. The third-order valence-corrected chi connectivity index (χ3v) is 4.77. The van der Waals surface area contributed by atoms with Crippen LogP contribution in [0.3, 0.4) is 0 Å². The number of hydrogen-bond acceptors (Lipinski definition) is 3. The van der Waals surface area contributed by atoms with E-state index in [1.807, 2.05) is 24.3 Å². The van der Waals surface area contributed by atoms with E-state index in [1.54, 1.807) is 33.3 Å². The molecule has 0 aromatic carbocycles. The third kappa shape index (κ3) is 17.4. The molecule has 0 aromatic rings. The van der Waals surface area contributed by atoms with Crippen molar-refractivity contribution < 1.29 is 24.3 Å². The number of carboxylic acids is 1. The highest BCUT2D eigenvalue weighted by molar-refractivity contribution is 5.99. The second-order valence-electron chi connectivity index (χ2n) is 9.27. The molecule has 1 unspecified atom stereocenters. The van der Waals surface area contributed by atoms with Crippen LogP contribution in [0.2, 0.25) is 0 Å². The Hall–Kier alpha value is -2.24. The quantitative estimate of drug-likeness (QED) is 0.128. The van der Waals surface area contributed by atoms with Gasteiger partial charge in [-0.05, 0) is 18.9 Å². The summed E-state index contributed by atoms with van der Waals surface area (Å²) in [5.41, 5.74) is -1.92. The zero-order valence-electron chi connectivity index (χ0n) is 20.5. The van der Waals surface area contributed by atoms with Gasteiger partial charge in [0.25, 0.3) is 0 Å². The van der Waals surface area contributed by atoms with Crippen molar-refractivity contribution in [2.75, 3.05) is 27.7 Å². The molecule has 5 heteroatoms. The van der Waals surface area contributed by atoms with E-state index < -0.39 is 23.8 Å². The molecule has 0 saturated heterocycles. The number of nitrogens with zero attached hydrogens (tertiary/aromatic N) is 1. The van der Waals surface area contributed by atoms with Crippen LogP contribution in [0.5, 0.6) is 0 Å². The Morgan fingerprint density at radius 2 is 1.28 bits per heavy atom. The number of unbranched alkanes of at least 4 members (excludes halogenated alkanes) is 7. The van der Waals surface area contributed by atoms with E-state index in [9.17, 15) is 14.7 Å².